The van der Waals surface area contributed by atoms with Gasteiger partial charge in [0.25, 0.3) is 0 Å². The van der Waals surface area contributed by atoms with Gasteiger partial charge in [-0.25, -0.2) is 4.39 Å². The number of rotatable bonds is 3. The van der Waals surface area contributed by atoms with Crippen molar-refractivity contribution in [2.75, 3.05) is 7.11 Å². The molecule has 0 saturated heterocycles. The highest BCUT2D eigenvalue weighted by Crippen LogP contribution is 2.28. The molecule has 3 aromatic rings. The smallest absolute Gasteiger partial charge is 0.134 e. The van der Waals surface area contributed by atoms with Crippen molar-refractivity contribution in [2.45, 2.75) is 6.04 Å². The zero-order valence-corrected chi connectivity index (χ0v) is 11.0. The molecule has 0 saturated carbocycles. The summed E-state index contributed by atoms with van der Waals surface area (Å²) in [5, 5.41) is 0.712. The summed E-state index contributed by atoms with van der Waals surface area (Å²) in [5.41, 5.74) is 7.72. The van der Waals surface area contributed by atoms with E-state index < -0.39 is 6.04 Å². The Morgan fingerprint density at radius 3 is 2.55 bits per heavy atom. The van der Waals surface area contributed by atoms with Crippen LogP contribution in [0.25, 0.3) is 11.0 Å². The van der Waals surface area contributed by atoms with E-state index in [2.05, 4.69) is 0 Å². The molecule has 3 rings (SSSR count). The second-order valence-corrected chi connectivity index (χ2v) is 4.58. The fourth-order valence-electron chi connectivity index (χ4n) is 2.16. The lowest BCUT2D eigenvalue weighted by Gasteiger charge is -2.09. The molecule has 0 aliphatic carbocycles. The van der Waals surface area contributed by atoms with Gasteiger partial charge in [-0.2, -0.15) is 0 Å². The summed E-state index contributed by atoms with van der Waals surface area (Å²) in [7, 11) is 1.61. The minimum atomic E-state index is -0.392. The molecule has 2 N–H and O–H groups in total. The van der Waals surface area contributed by atoms with Crippen molar-refractivity contribution in [3.8, 4) is 5.75 Å². The number of hydrogen-bond donors (Lipinski definition) is 1. The number of halogens is 1. The molecule has 0 radical (unpaired) electrons. The largest absolute Gasteiger partial charge is 0.497 e. The van der Waals surface area contributed by atoms with Gasteiger partial charge < -0.3 is 14.9 Å². The van der Waals surface area contributed by atoms with Gasteiger partial charge in [0.1, 0.15) is 22.9 Å². The van der Waals surface area contributed by atoms with Crippen LogP contribution < -0.4 is 10.5 Å². The van der Waals surface area contributed by atoms with Gasteiger partial charge in [-0.1, -0.05) is 12.1 Å². The molecule has 102 valence electrons. The van der Waals surface area contributed by atoms with Crippen LogP contribution in [-0.2, 0) is 0 Å². The van der Waals surface area contributed by atoms with Crippen LogP contribution >= 0.6 is 0 Å². The van der Waals surface area contributed by atoms with Gasteiger partial charge in [0, 0.05) is 5.39 Å². The van der Waals surface area contributed by atoms with E-state index in [1.54, 1.807) is 19.2 Å². The summed E-state index contributed by atoms with van der Waals surface area (Å²) in [5.74, 6) is 1.09. The maximum absolute atomic E-state index is 13.2. The molecule has 4 heteroatoms. The van der Waals surface area contributed by atoms with Crippen LogP contribution in [0.1, 0.15) is 17.4 Å². The highest BCUT2D eigenvalue weighted by atomic mass is 19.1. The average Bonchev–Trinajstić information content (AvgIpc) is 2.89. The third kappa shape index (κ3) is 2.26. The standard InChI is InChI=1S/C16H14FNO2/c1-19-13-5-2-10(3-6-13)16(18)15-9-11-8-12(17)4-7-14(11)20-15/h2-9,16H,18H2,1H3. The molecule has 3 nitrogen and oxygen atoms in total. The Bertz CT molecular complexity index is 734. The van der Waals surface area contributed by atoms with E-state index in [1.165, 1.54) is 12.1 Å². The van der Waals surface area contributed by atoms with Gasteiger partial charge in [0.05, 0.1) is 13.2 Å². The van der Waals surface area contributed by atoms with Crippen LogP contribution in [0, 0.1) is 5.82 Å². The van der Waals surface area contributed by atoms with E-state index in [0.29, 0.717) is 16.7 Å². The molecular formula is C16H14FNO2. The fraction of sp³-hybridized carbons (Fsp3) is 0.125. The molecule has 1 aromatic heterocycles. The predicted octanol–water partition coefficient (Wildman–Crippen LogP) is 3.63. The molecule has 0 aliphatic rings. The summed E-state index contributed by atoms with van der Waals surface area (Å²) in [4.78, 5) is 0. The number of methoxy groups -OCH3 is 1. The highest BCUT2D eigenvalue weighted by molar-refractivity contribution is 5.78. The predicted molar refractivity (Wildman–Crippen MR) is 75.2 cm³/mol. The van der Waals surface area contributed by atoms with E-state index in [1.807, 2.05) is 24.3 Å². The Kier molecular flexibility index (Phi) is 3.16. The third-order valence-corrected chi connectivity index (χ3v) is 3.28. The number of hydrogen-bond acceptors (Lipinski definition) is 3. The lowest BCUT2D eigenvalue weighted by molar-refractivity contribution is 0.414. The van der Waals surface area contributed by atoms with Crippen molar-refractivity contribution in [2.24, 2.45) is 5.73 Å². The zero-order valence-electron chi connectivity index (χ0n) is 11.0. The quantitative estimate of drug-likeness (QED) is 0.791. The first kappa shape index (κ1) is 12.7. The Morgan fingerprint density at radius 1 is 1.10 bits per heavy atom. The molecular weight excluding hydrogens is 257 g/mol. The fourth-order valence-corrected chi connectivity index (χ4v) is 2.16. The van der Waals surface area contributed by atoms with Crippen molar-refractivity contribution in [3.63, 3.8) is 0 Å². The van der Waals surface area contributed by atoms with E-state index in [9.17, 15) is 4.39 Å². The molecule has 2 aromatic carbocycles. The van der Waals surface area contributed by atoms with Gasteiger partial charge in [0.2, 0.25) is 0 Å². The van der Waals surface area contributed by atoms with E-state index in [-0.39, 0.29) is 5.82 Å². The highest BCUT2D eigenvalue weighted by Gasteiger charge is 2.14. The molecule has 1 unspecified atom stereocenters. The summed E-state index contributed by atoms with van der Waals surface area (Å²) in [6, 6.07) is 13.2. The first-order chi connectivity index (χ1) is 9.67. The van der Waals surface area contributed by atoms with Crippen molar-refractivity contribution in [3.05, 3.63) is 65.7 Å². The number of ether oxygens (including phenoxy) is 1. The Labute approximate surface area is 115 Å². The lowest BCUT2D eigenvalue weighted by atomic mass is 10.1. The molecule has 0 fully saturated rings. The Morgan fingerprint density at radius 2 is 1.85 bits per heavy atom. The molecule has 0 aliphatic heterocycles. The zero-order chi connectivity index (χ0) is 14.1. The van der Waals surface area contributed by atoms with E-state index >= 15 is 0 Å². The van der Waals surface area contributed by atoms with Crippen molar-refractivity contribution in [1.82, 2.24) is 0 Å². The third-order valence-electron chi connectivity index (χ3n) is 3.28. The second-order valence-electron chi connectivity index (χ2n) is 4.58. The van der Waals surface area contributed by atoms with Crippen LogP contribution in [-0.4, -0.2) is 7.11 Å². The monoisotopic (exact) mass is 271 g/mol. The maximum Gasteiger partial charge on any atom is 0.134 e. The molecule has 20 heavy (non-hydrogen) atoms. The number of fused-ring (bicyclic) bond motifs is 1. The van der Waals surface area contributed by atoms with Crippen LogP contribution in [0.4, 0.5) is 4.39 Å². The van der Waals surface area contributed by atoms with Gasteiger partial charge >= 0.3 is 0 Å². The average molecular weight is 271 g/mol. The number of benzene rings is 2. The summed E-state index contributed by atoms with van der Waals surface area (Å²) >= 11 is 0. The van der Waals surface area contributed by atoms with Crippen LogP contribution in [0.3, 0.4) is 0 Å². The molecule has 0 amide bonds. The Hall–Kier alpha value is -2.33. The normalized spacial score (nSPS) is 12.6. The topological polar surface area (TPSA) is 48.4 Å². The van der Waals surface area contributed by atoms with Crippen molar-refractivity contribution >= 4 is 11.0 Å². The van der Waals surface area contributed by atoms with E-state index in [4.69, 9.17) is 14.9 Å². The first-order valence-electron chi connectivity index (χ1n) is 6.26. The lowest BCUT2D eigenvalue weighted by Crippen LogP contribution is -2.10. The van der Waals surface area contributed by atoms with Crippen molar-refractivity contribution in [1.29, 1.82) is 0 Å². The number of furan rings is 1. The summed E-state index contributed by atoms with van der Waals surface area (Å²) in [6.07, 6.45) is 0. The van der Waals surface area contributed by atoms with E-state index in [0.717, 1.165) is 11.3 Å². The molecule has 0 spiro atoms. The minimum absolute atomic E-state index is 0.289. The maximum atomic E-state index is 13.2. The van der Waals surface area contributed by atoms with Crippen LogP contribution in [0.15, 0.2) is 52.9 Å². The van der Waals surface area contributed by atoms with Crippen LogP contribution in [0.2, 0.25) is 0 Å². The second kappa shape index (κ2) is 4.98. The SMILES string of the molecule is COc1ccc(C(N)c2cc3cc(F)ccc3o2)cc1. The number of nitrogens with two attached hydrogens (primary N) is 1. The Balaban J connectivity index is 1.96. The van der Waals surface area contributed by atoms with Gasteiger partial charge in [-0.05, 0) is 42.0 Å². The van der Waals surface area contributed by atoms with Gasteiger partial charge in [-0.3, -0.25) is 0 Å². The van der Waals surface area contributed by atoms with Gasteiger partial charge in [0.15, 0.2) is 0 Å². The minimum Gasteiger partial charge on any atom is -0.497 e. The summed E-state index contributed by atoms with van der Waals surface area (Å²) in [6.45, 7) is 0. The van der Waals surface area contributed by atoms with Crippen LogP contribution in [0.5, 0.6) is 5.75 Å². The molecule has 1 atom stereocenters. The van der Waals surface area contributed by atoms with Gasteiger partial charge in [-0.15, -0.1) is 0 Å². The first-order valence-corrected chi connectivity index (χ1v) is 6.26. The molecule has 1 heterocycles. The summed E-state index contributed by atoms with van der Waals surface area (Å²) < 4.78 is 23.9. The molecule has 0 bridgehead atoms. The van der Waals surface area contributed by atoms with Crippen molar-refractivity contribution < 1.29 is 13.5 Å².